The van der Waals surface area contributed by atoms with Crippen molar-refractivity contribution in [3.05, 3.63) is 29.3 Å². The smallest absolute Gasteiger partial charge is 0.339 e. The van der Waals surface area contributed by atoms with E-state index in [1.807, 2.05) is 12.1 Å². The Morgan fingerprint density at radius 1 is 1.17 bits per heavy atom. The number of aromatic carboxylic acids is 1. The van der Waals surface area contributed by atoms with Crippen LogP contribution in [-0.4, -0.2) is 19.4 Å². The quantitative estimate of drug-likeness (QED) is 0.706. The predicted molar refractivity (Wildman–Crippen MR) is 97.1 cm³/mol. The largest absolute Gasteiger partial charge is 0.543 e. The average molecular weight is 335 g/mol. The number of carboxylic acids is 1. The number of hydrogen-bond donors (Lipinski definition) is 1. The summed E-state index contributed by atoms with van der Waals surface area (Å²) in [6.07, 6.45) is 6.13. The molecule has 0 heterocycles. The van der Waals surface area contributed by atoms with Crippen molar-refractivity contribution in [1.29, 1.82) is 0 Å². The first-order valence-corrected chi connectivity index (χ1v) is 11.6. The van der Waals surface area contributed by atoms with Crippen molar-refractivity contribution in [2.75, 3.05) is 0 Å². The molecule has 3 nitrogen and oxygen atoms in total. The lowest BCUT2D eigenvalue weighted by atomic mass is 9.83. The zero-order chi connectivity index (χ0) is 17.3. The van der Waals surface area contributed by atoms with Gasteiger partial charge >= 0.3 is 5.97 Å². The van der Waals surface area contributed by atoms with E-state index in [0.29, 0.717) is 17.2 Å². The van der Waals surface area contributed by atoms with Crippen LogP contribution in [0.3, 0.4) is 0 Å². The van der Waals surface area contributed by atoms with Gasteiger partial charge < -0.3 is 9.53 Å². The monoisotopic (exact) mass is 334 g/mol. The maximum atomic E-state index is 11.7. The molecule has 1 aromatic rings. The molecule has 0 bridgehead atoms. The van der Waals surface area contributed by atoms with Crippen LogP contribution in [0.25, 0.3) is 0 Å². The van der Waals surface area contributed by atoms with Crippen molar-refractivity contribution in [2.24, 2.45) is 0 Å². The van der Waals surface area contributed by atoms with Crippen LogP contribution in [0, 0.1) is 0 Å². The Hall–Kier alpha value is -1.29. The van der Waals surface area contributed by atoms with Crippen molar-refractivity contribution in [3.8, 4) is 5.75 Å². The Labute approximate surface area is 141 Å². The SMILES string of the molecule is CC(C)(C)[Si](C)(C)Oc1ccc(C2CCCCC2)cc1C(=O)O. The van der Waals surface area contributed by atoms with E-state index in [1.165, 1.54) is 32.1 Å². The van der Waals surface area contributed by atoms with Gasteiger partial charge in [0.25, 0.3) is 8.32 Å². The number of carboxylic acid groups (broad SMARTS) is 1. The molecule has 4 heteroatoms. The molecule has 1 fully saturated rings. The summed E-state index contributed by atoms with van der Waals surface area (Å²) in [5, 5.41) is 9.67. The van der Waals surface area contributed by atoms with Crippen molar-refractivity contribution in [2.45, 2.75) is 76.9 Å². The van der Waals surface area contributed by atoms with Gasteiger partial charge in [0.05, 0.1) is 0 Å². The molecular weight excluding hydrogens is 304 g/mol. The van der Waals surface area contributed by atoms with Gasteiger partial charge in [-0.05, 0) is 54.6 Å². The minimum Gasteiger partial charge on any atom is -0.543 e. The molecule has 1 N–H and O–H groups in total. The molecule has 0 amide bonds. The van der Waals surface area contributed by atoms with Crippen molar-refractivity contribution in [1.82, 2.24) is 0 Å². The summed E-state index contributed by atoms with van der Waals surface area (Å²) in [5.74, 6) is 0.142. The van der Waals surface area contributed by atoms with Gasteiger partial charge in [-0.2, -0.15) is 0 Å². The van der Waals surface area contributed by atoms with E-state index in [2.05, 4.69) is 39.9 Å². The molecule has 0 atom stereocenters. The highest BCUT2D eigenvalue weighted by Gasteiger charge is 2.39. The van der Waals surface area contributed by atoms with Gasteiger partial charge in [-0.1, -0.05) is 46.1 Å². The summed E-state index contributed by atoms with van der Waals surface area (Å²) >= 11 is 0. The Balaban J connectivity index is 2.32. The lowest BCUT2D eigenvalue weighted by Crippen LogP contribution is -2.44. The molecule has 0 saturated heterocycles. The zero-order valence-corrected chi connectivity index (χ0v) is 16.1. The minimum absolute atomic E-state index is 0.0464. The van der Waals surface area contributed by atoms with Crippen LogP contribution in [0.4, 0.5) is 0 Å². The van der Waals surface area contributed by atoms with E-state index in [9.17, 15) is 9.90 Å². The third-order valence-corrected chi connectivity index (χ3v) is 9.82. The third kappa shape index (κ3) is 4.17. The number of hydrogen-bond acceptors (Lipinski definition) is 2. The first-order valence-electron chi connectivity index (χ1n) is 8.68. The van der Waals surface area contributed by atoms with Crippen LogP contribution >= 0.6 is 0 Å². The molecule has 0 aliphatic heterocycles. The lowest BCUT2D eigenvalue weighted by molar-refractivity contribution is 0.0694. The van der Waals surface area contributed by atoms with Crippen LogP contribution in [0.15, 0.2) is 18.2 Å². The summed E-state index contributed by atoms with van der Waals surface area (Å²) in [6, 6.07) is 5.81. The van der Waals surface area contributed by atoms with Crippen LogP contribution in [-0.2, 0) is 0 Å². The Morgan fingerprint density at radius 3 is 2.30 bits per heavy atom. The highest BCUT2D eigenvalue weighted by atomic mass is 28.4. The second-order valence-corrected chi connectivity index (χ2v) is 13.0. The van der Waals surface area contributed by atoms with E-state index in [1.54, 1.807) is 0 Å². The normalized spacial score (nSPS) is 17.1. The Morgan fingerprint density at radius 2 is 1.78 bits per heavy atom. The van der Waals surface area contributed by atoms with Gasteiger partial charge in [0.1, 0.15) is 11.3 Å². The van der Waals surface area contributed by atoms with Gasteiger partial charge in [-0.25, -0.2) is 4.79 Å². The molecule has 2 rings (SSSR count). The summed E-state index contributed by atoms with van der Waals surface area (Å²) in [4.78, 5) is 11.7. The summed E-state index contributed by atoms with van der Waals surface area (Å²) in [5.41, 5.74) is 1.47. The first-order chi connectivity index (χ1) is 10.6. The van der Waals surface area contributed by atoms with E-state index in [4.69, 9.17) is 4.43 Å². The molecule has 0 unspecified atom stereocenters. The van der Waals surface area contributed by atoms with Gasteiger partial charge in [-0.15, -0.1) is 0 Å². The molecule has 1 aliphatic carbocycles. The summed E-state index contributed by atoms with van der Waals surface area (Å²) in [6.45, 7) is 10.8. The molecular formula is C19H30O3Si. The standard InChI is InChI=1S/C19H30O3Si/c1-19(2,3)23(4,5)22-17-12-11-15(13-16(17)18(20)21)14-9-7-6-8-10-14/h11-14H,6-10H2,1-5H3,(H,20,21). The fourth-order valence-corrected chi connectivity index (χ4v) is 3.96. The van der Waals surface area contributed by atoms with Crippen molar-refractivity contribution < 1.29 is 14.3 Å². The average Bonchev–Trinajstić information content (AvgIpc) is 2.46. The predicted octanol–water partition coefficient (Wildman–Crippen LogP) is 5.82. The maximum Gasteiger partial charge on any atom is 0.339 e. The van der Waals surface area contributed by atoms with E-state index in [0.717, 1.165) is 5.56 Å². The second-order valence-electron chi connectivity index (χ2n) is 8.26. The van der Waals surface area contributed by atoms with E-state index in [-0.39, 0.29) is 5.04 Å². The highest BCUT2D eigenvalue weighted by molar-refractivity contribution is 6.74. The van der Waals surface area contributed by atoms with E-state index >= 15 is 0 Å². The zero-order valence-electron chi connectivity index (χ0n) is 15.1. The molecule has 128 valence electrons. The van der Waals surface area contributed by atoms with Crippen LogP contribution in [0.1, 0.15) is 74.7 Å². The van der Waals surface area contributed by atoms with Crippen LogP contribution in [0.2, 0.25) is 18.1 Å². The molecule has 0 spiro atoms. The fourth-order valence-electron chi connectivity index (χ4n) is 2.92. The molecule has 0 aromatic heterocycles. The molecule has 1 saturated carbocycles. The maximum absolute atomic E-state index is 11.7. The third-order valence-electron chi connectivity index (χ3n) is 5.48. The summed E-state index contributed by atoms with van der Waals surface area (Å²) in [7, 11) is -2.04. The Kier molecular flexibility index (Phi) is 5.24. The van der Waals surface area contributed by atoms with E-state index < -0.39 is 14.3 Å². The molecule has 1 aromatic carbocycles. The van der Waals surface area contributed by atoms with Crippen LogP contribution < -0.4 is 4.43 Å². The van der Waals surface area contributed by atoms with Gasteiger partial charge in [-0.3, -0.25) is 0 Å². The summed E-state index contributed by atoms with van der Waals surface area (Å²) < 4.78 is 6.26. The van der Waals surface area contributed by atoms with Crippen molar-refractivity contribution in [3.63, 3.8) is 0 Å². The number of benzene rings is 1. The van der Waals surface area contributed by atoms with Crippen LogP contribution in [0.5, 0.6) is 5.75 Å². The highest BCUT2D eigenvalue weighted by Crippen LogP contribution is 2.39. The fraction of sp³-hybridized carbons (Fsp3) is 0.632. The van der Waals surface area contributed by atoms with Gasteiger partial charge in [0.2, 0.25) is 0 Å². The minimum atomic E-state index is -2.04. The van der Waals surface area contributed by atoms with Crippen molar-refractivity contribution >= 4 is 14.3 Å². The molecule has 23 heavy (non-hydrogen) atoms. The number of rotatable bonds is 4. The molecule has 0 radical (unpaired) electrons. The second kappa shape index (κ2) is 6.68. The first kappa shape index (κ1) is 18.1. The number of carbonyl (C=O) groups is 1. The topological polar surface area (TPSA) is 46.5 Å². The Bertz CT molecular complexity index is 566. The van der Waals surface area contributed by atoms with Gasteiger partial charge in [0.15, 0.2) is 0 Å². The van der Waals surface area contributed by atoms with Gasteiger partial charge in [0, 0.05) is 0 Å². The lowest BCUT2D eigenvalue weighted by Gasteiger charge is -2.37. The molecule has 1 aliphatic rings.